The second-order valence-electron chi connectivity index (χ2n) is 3.57. The Morgan fingerprint density at radius 3 is 2.74 bits per heavy atom. The molecule has 1 amide bonds. The Morgan fingerprint density at radius 2 is 2.16 bits per heavy atom. The van der Waals surface area contributed by atoms with Crippen molar-refractivity contribution in [1.29, 1.82) is 0 Å². The molecule has 0 saturated carbocycles. The van der Waals surface area contributed by atoms with Gasteiger partial charge in [-0.25, -0.2) is 13.2 Å². The maximum atomic E-state index is 13.5. The van der Waals surface area contributed by atoms with Crippen LogP contribution in [0.4, 0.5) is 13.2 Å². The third kappa shape index (κ3) is 5.17. The first-order chi connectivity index (χ1) is 9.04. The average molecular weight is 277 g/mol. The number of carbonyl (C=O) groups excluding carboxylic acids is 1. The quantitative estimate of drug-likeness (QED) is 0.774. The first kappa shape index (κ1) is 15.3. The molecule has 0 fully saturated rings. The van der Waals surface area contributed by atoms with E-state index in [-0.39, 0.29) is 18.7 Å². The van der Waals surface area contributed by atoms with E-state index in [0.29, 0.717) is 5.75 Å². The van der Waals surface area contributed by atoms with Gasteiger partial charge in [-0.15, -0.1) is 0 Å². The molecule has 0 spiro atoms. The molecule has 0 aliphatic carbocycles. The summed E-state index contributed by atoms with van der Waals surface area (Å²) >= 11 is 0. The fourth-order valence-corrected chi connectivity index (χ4v) is 1.31. The lowest BCUT2D eigenvalue weighted by Gasteiger charge is -2.08. The van der Waals surface area contributed by atoms with Gasteiger partial charge in [-0.1, -0.05) is 0 Å². The number of methoxy groups -OCH3 is 1. The zero-order valence-corrected chi connectivity index (χ0v) is 10.3. The van der Waals surface area contributed by atoms with Crippen molar-refractivity contribution in [3.63, 3.8) is 0 Å². The van der Waals surface area contributed by atoms with Gasteiger partial charge in [0.2, 0.25) is 0 Å². The molecule has 0 unspecified atom stereocenters. The normalized spacial score (nSPS) is 10.6. The van der Waals surface area contributed by atoms with Gasteiger partial charge in [0.1, 0.15) is 18.2 Å². The van der Waals surface area contributed by atoms with Crippen LogP contribution in [0.15, 0.2) is 18.2 Å². The highest BCUT2D eigenvalue weighted by Crippen LogP contribution is 2.15. The van der Waals surface area contributed by atoms with Crippen molar-refractivity contribution in [2.24, 2.45) is 0 Å². The predicted octanol–water partition coefficient (Wildman–Crippen LogP) is 1.85. The monoisotopic (exact) mass is 277 g/mol. The number of alkyl halides is 2. The topological polar surface area (TPSA) is 47.6 Å². The Kier molecular flexibility index (Phi) is 6.14. The summed E-state index contributed by atoms with van der Waals surface area (Å²) in [7, 11) is 1.38. The Bertz CT molecular complexity index is 427. The highest BCUT2D eigenvalue weighted by Gasteiger charge is 2.12. The SMILES string of the molecule is COc1ccc(C(=O)NCCOCC(F)F)c(F)c1. The van der Waals surface area contributed by atoms with Crippen LogP contribution in [-0.4, -0.2) is 39.2 Å². The minimum Gasteiger partial charge on any atom is -0.497 e. The lowest BCUT2D eigenvalue weighted by molar-refractivity contribution is 0.0188. The van der Waals surface area contributed by atoms with E-state index in [9.17, 15) is 18.0 Å². The Morgan fingerprint density at radius 1 is 1.42 bits per heavy atom. The van der Waals surface area contributed by atoms with E-state index in [1.54, 1.807) is 0 Å². The van der Waals surface area contributed by atoms with Crippen molar-refractivity contribution in [2.45, 2.75) is 6.43 Å². The van der Waals surface area contributed by atoms with Gasteiger partial charge in [0.05, 0.1) is 19.3 Å². The summed E-state index contributed by atoms with van der Waals surface area (Å²) in [4.78, 5) is 11.6. The van der Waals surface area contributed by atoms with E-state index < -0.39 is 24.8 Å². The van der Waals surface area contributed by atoms with Crippen LogP contribution in [0.1, 0.15) is 10.4 Å². The number of benzene rings is 1. The molecule has 0 aliphatic heterocycles. The molecule has 4 nitrogen and oxygen atoms in total. The van der Waals surface area contributed by atoms with Crippen LogP contribution < -0.4 is 10.1 Å². The molecule has 7 heteroatoms. The molecule has 1 N–H and O–H groups in total. The first-order valence-corrected chi connectivity index (χ1v) is 5.52. The molecule has 0 radical (unpaired) electrons. The van der Waals surface area contributed by atoms with E-state index in [0.717, 1.165) is 6.07 Å². The summed E-state index contributed by atoms with van der Waals surface area (Å²) in [5.41, 5.74) is -0.144. The van der Waals surface area contributed by atoms with Gasteiger partial charge in [0.15, 0.2) is 0 Å². The van der Waals surface area contributed by atoms with Crippen molar-refractivity contribution in [3.05, 3.63) is 29.6 Å². The zero-order valence-electron chi connectivity index (χ0n) is 10.3. The molecule has 0 saturated heterocycles. The summed E-state index contributed by atoms with van der Waals surface area (Å²) in [5, 5.41) is 2.36. The number of hydrogen-bond donors (Lipinski definition) is 1. The third-order valence-corrected chi connectivity index (χ3v) is 2.20. The molecule has 0 aromatic heterocycles. The summed E-state index contributed by atoms with van der Waals surface area (Å²) < 4.78 is 46.3. The number of hydrogen-bond acceptors (Lipinski definition) is 3. The van der Waals surface area contributed by atoms with Gasteiger partial charge in [-0.05, 0) is 12.1 Å². The zero-order chi connectivity index (χ0) is 14.3. The smallest absolute Gasteiger partial charge is 0.261 e. The second kappa shape index (κ2) is 7.63. The molecule has 19 heavy (non-hydrogen) atoms. The standard InChI is InChI=1S/C12H14F3NO3/c1-18-8-2-3-9(10(13)6-8)12(17)16-4-5-19-7-11(14)15/h2-3,6,11H,4-5,7H2,1H3,(H,16,17). The van der Waals surface area contributed by atoms with Gasteiger partial charge in [-0.2, -0.15) is 0 Å². The summed E-state index contributed by atoms with van der Waals surface area (Å²) in [5.74, 6) is -1.06. The van der Waals surface area contributed by atoms with Gasteiger partial charge in [0.25, 0.3) is 12.3 Å². The van der Waals surface area contributed by atoms with E-state index >= 15 is 0 Å². The molecule has 0 heterocycles. The number of carbonyl (C=O) groups is 1. The summed E-state index contributed by atoms with van der Waals surface area (Å²) in [6, 6.07) is 3.82. The molecular formula is C12H14F3NO3. The average Bonchev–Trinajstić information content (AvgIpc) is 2.37. The van der Waals surface area contributed by atoms with Crippen LogP contribution in [-0.2, 0) is 4.74 Å². The molecule has 0 atom stereocenters. The van der Waals surface area contributed by atoms with Crippen LogP contribution >= 0.6 is 0 Å². The number of ether oxygens (including phenoxy) is 2. The molecule has 1 aromatic rings. The maximum Gasteiger partial charge on any atom is 0.261 e. The molecular weight excluding hydrogens is 263 g/mol. The van der Waals surface area contributed by atoms with Crippen LogP contribution in [0.25, 0.3) is 0 Å². The van der Waals surface area contributed by atoms with Gasteiger partial charge in [-0.3, -0.25) is 4.79 Å². The van der Waals surface area contributed by atoms with Crippen LogP contribution in [0.2, 0.25) is 0 Å². The van der Waals surface area contributed by atoms with E-state index in [1.807, 2.05) is 0 Å². The highest BCUT2D eigenvalue weighted by molar-refractivity contribution is 5.94. The number of halogens is 3. The fraction of sp³-hybridized carbons (Fsp3) is 0.417. The third-order valence-electron chi connectivity index (χ3n) is 2.20. The number of rotatable bonds is 7. The molecule has 1 rings (SSSR count). The molecule has 1 aromatic carbocycles. The van der Waals surface area contributed by atoms with E-state index in [4.69, 9.17) is 4.74 Å². The van der Waals surface area contributed by atoms with E-state index in [2.05, 4.69) is 10.1 Å². The minimum absolute atomic E-state index is 0.0248. The first-order valence-electron chi connectivity index (χ1n) is 5.52. The Labute approximate surface area is 108 Å². The van der Waals surface area contributed by atoms with Crippen molar-refractivity contribution >= 4 is 5.91 Å². The second-order valence-corrected chi connectivity index (χ2v) is 3.57. The summed E-state index contributed by atoms with van der Waals surface area (Å²) in [6.45, 7) is -0.725. The molecule has 0 aliphatic rings. The van der Waals surface area contributed by atoms with Crippen molar-refractivity contribution in [1.82, 2.24) is 5.32 Å². The number of nitrogens with one attached hydrogen (secondary N) is 1. The highest BCUT2D eigenvalue weighted by atomic mass is 19.3. The molecule has 106 valence electrons. The Hall–Kier alpha value is -1.76. The van der Waals surface area contributed by atoms with Crippen LogP contribution in [0.5, 0.6) is 5.75 Å². The van der Waals surface area contributed by atoms with Crippen LogP contribution in [0, 0.1) is 5.82 Å². The van der Waals surface area contributed by atoms with Crippen molar-refractivity contribution in [3.8, 4) is 5.75 Å². The van der Waals surface area contributed by atoms with Crippen LogP contribution in [0.3, 0.4) is 0 Å². The predicted molar refractivity (Wildman–Crippen MR) is 62.1 cm³/mol. The van der Waals surface area contributed by atoms with Gasteiger partial charge < -0.3 is 14.8 Å². The van der Waals surface area contributed by atoms with Gasteiger partial charge in [0, 0.05) is 12.6 Å². The summed E-state index contributed by atoms with van der Waals surface area (Å²) in [6.07, 6.45) is -2.55. The maximum absolute atomic E-state index is 13.5. The van der Waals surface area contributed by atoms with Gasteiger partial charge >= 0.3 is 0 Å². The molecule has 0 bridgehead atoms. The lowest BCUT2D eigenvalue weighted by Crippen LogP contribution is -2.28. The fourth-order valence-electron chi connectivity index (χ4n) is 1.31. The van der Waals surface area contributed by atoms with E-state index in [1.165, 1.54) is 19.2 Å². The van der Waals surface area contributed by atoms with Crippen molar-refractivity contribution in [2.75, 3.05) is 26.9 Å². The van der Waals surface area contributed by atoms with Crippen molar-refractivity contribution < 1.29 is 27.4 Å². The minimum atomic E-state index is -2.55. The largest absolute Gasteiger partial charge is 0.497 e. The number of amides is 1. The lowest BCUT2D eigenvalue weighted by atomic mass is 10.2. The Balaban J connectivity index is 2.41.